The molecule has 3 rings (SSSR count). The maximum atomic E-state index is 13.8. The van der Waals surface area contributed by atoms with Crippen LogP contribution in [0.2, 0.25) is 0 Å². The number of benzene rings is 2. The molecule has 0 amide bonds. The van der Waals surface area contributed by atoms with Crippen molar-refractivity contribution >= 4 is 15.7 Å². The fourth-order valence-corrected chi connectivity index (χ4v) is 4.61. The second-order valence-corrected chi connectivity index (χ2v) is 7.88. The molecule has 0 aliphatic carbocycles. The maximum Gasteiger partial charge on any atom is 0.243 e. The zero-order valence-corrected chi connectivity index (χ0v) is 14.0. The third kappa shape index (κ3) is 2.72. The van der Waals surface area contributed by atoms with Crippen LogP contribution in [0.5, 0.6) is 0 Å². The van der Waals surface area contributed by atoms with E-state index in [4.69, 9.17) is 5.73 Å². The first-order valence-corrected chi connectivity index (χ1v) is 8.88. The zero-order valence-electron chi connectivity index (χ0n) is 13.1. The van der Waals surface area contributed by atoms with E-state index in [2.05, 4.69) is 0 Å². The molecule has 2 aromatic carbocycles. The van der Waals surface area contributed by atoms with Gasteiger partial charge in [-0.1, -0.05) is 12.1 Å². The fraction of sp³-hybridized carbons (Fsp3) is 0.294. The lowest BCUT2D eigenvalue weighted by Gasteiger charge is -2.29. The second-order valence-electron chi connectivity index (χ2n) is 5.94. The molecule has 23 heavy (non-hydrogen) atoms. The van der Waals surface area contributed by atoms with E-state index in [-0.39, 0.29) is 17.3 Å². The molecule has 6 heteroatoms. The number of nitrogen functional groups attached to an aromatic ring is 1. The van der Waals surface area contributed by atoms with Crippen LogP contribution in [0, 0.1) is 19.7 Å². The zero-order chi connectivity index (χ0) is 16.8. The summed E-state index contributed by atoms with van der Waals surface area (Å²) in [6.45, 7) is 3.82. The normalized spacial score (nSPS) is 15.4. The first-order valence-electron chi connectivity index (χ1n) is 7.44. The SMILES string of the molecule is Cc1cc(S(=O)(=O)N2CCc3c(N)cccc3C2)cc(C)c1F. The molecule has 0 bridgehead atoms. The van der Waals surface area contributed by atoms with Gasteiger partial charge in [-0.05, 0) is 60.7 Å². The molecule has 0 fully saturated rings. The van der Waals surface area contributed by atoms with Crippen molar-refractivity contribution in [2.24, 2.45) is 0 Å². The lowest BCUT2D eigenvalue weighted by Crippen LogP contribution is -2.36. The summed E-state index contributed by atoms with van der Waals surface area (Å²) < 4.78 is 40.9. The molecule has 2 aromatic rings. The predicted octanol–water partition coefficient (Wildman–Crippen LogP) is 2.77. The minimum Gasteiger partial charge on any atom is -0.398 e. The van der Waals surface area contributed by atoms with Crippen molar-refractivity contribution in [2.75, 3.05) is 12.3 Å². The average Bonchev–Trinajstić information content (AvgIpc) is 2.52. The summed E-state index contributed by atoms with van der Waals surface area (Å²) in [5.74, 6) is -0.360. The largest absolute Gasteiger partial charge is 0.398 e. The van der Waals surface area contributed by atoms with Crippen molar-refractivity contribution in [3.05, 3.63) is 58.4 Å². The third-order valence-corrected chi connectivity index (χ3v) is 6.14. The molecular weight excluding hydrogens is 315 g/mol. The van der Waals surface area contributed by atoms with Crippen LogP contribution in [-0.2, 0) is 23.0 Å². The standard InChI is InChI=1S/C17H19FN2O2S/c1-11-8-14(9-12(2)17(11)18)23(21,22)20-7-6-15-13(10-20)4-3-5-16(15)19/h3-5,8-9H,6-7,10,19H2,1-2H3. The van der Waals surface area contributed by atoms with E-state index >= 15 is 0 Å². The number of hydrogen-bond acceptors (Lipinski definition) is 3. The van der Waals surface area contributed by atoms with Crippen molar-refractivity contribution in [1.82, 2.24) is 4.31 Å². The molecule has 0 saturated heterocycles. The van der Waals surface area contributed by atoms with E-state index in [0.29, 0.717) is 29.8 Å². The predicted molar refractivity (Wildman–Crippen MR) is 88.0 cm³/mol. The Morgan fingerprint density at radius 2 is 1.83 bits per heavy atom. The lowest BCUT2D eigenvalue weighted by molar-refractivity contribution is 0.391. The summed E-state index contributed by atoms with van der Waals surface area (Å²) in [5.41, 5.74) is 9.28. The Morgan fingerprint density at radius 3 is 2.48 bits per heavy atom. The molecule has 0 saturated carbocycles. The van der Waals surface area contributed by atoms with Gasteiger partial charge in [0, 0.05) is 18.8 Å². The van der Waals surface area contributed by atoms with Crippen molar-refractivity contribution in [3.63, 3.8) is 0 Å². The van der Waals surface area contributed by atoms with E-state index in [9.17, 15) is 12.8 Å². The molecular formula is C17H19FN2O2S. The van der Waals surface area contributed by atoms with E-state index in [0.717, 1.165) is 11.1 Å². The monoisotopic (exact) mass is 334 g/mol. The Kier molecular flexibility index (Phi) is 3.90. The molecule has 0 unspecified atom stereocenters. The van der Waals surface area contributed by atoms with Crippen molar-refractivity contribution in [2.45, 2.75) is 31.7 Å². The van der Waals surface area contributed by atoms with Crippen molar-refractivity contribution in [3.8, 4) is 0 Å². The highest BCUT2D eigenvalue weighted by molar-refractivity contribution is 7.89. The van der Waals surface area contributed by atoms with Gasteiger partial charge in [-0.3, -0.25) is 0 Å². The van der Waals surface area contributed by atoms with Crippen LogP contribution in [0.4, 0.5) is 10.1 Å². The summed E-state index contributed by atoms with van der Waals surface area (Å²) in [5, 5.41) is 0. The van der Waals surface area contributed by atoms with Gasteiger partial charge in [0.2, 0.25) is 10.0 Å². The van der Waals surface area contributed by atoms with Crippen LogP contribution in [0.15, 0.2) is 35.2 Å². The van der Waals surface area contributed by atoms with Gasteiger partial charge in [-0.2, -0.15) is 4.31 Å². The highest BCUT2D eigenvalue weighted by Crippen LogP contribution is 2.29. The number of fused-ring (bicyclic) bond motifs is 1. The van der Waals surface area contributed by atoms with Gasteiger partial charge in [-0.25, -0.2) is 12.8 Å². The number of nitrogens with zero attached hydrogens (tertiary/aromatic N) is 1. The number of rotatable bonds is 2. The molecule has 0 aromatic heterocycles. The highest BCUT2D eigenvalue weighted by Gasteiger charge is 2.29. The van der Waals surface area contributed by atoms with Crippen LogP contribution < -0.4 is 5.73 Å². The number of halogens is 1. The summed E-state index contributed by atoms with van der Waals surface area (Å²) in [6, 6.07) is 8.35. The van der Waals surface area contributed by atoms with E-state index in [1.165, 1.54) is 16.4 Å². The lowest BCUT2D eigenvalue weighted by atomic mass is 9.99. The van der Waals surface area contributed by atoms with Gasteiger partial charge in [0.15, 0.2) is 0 Å². The first-order chi connectivity index (χ1) is 10.8. The molecule has 1 heterocycles. The number of sulfonamides is 1. The van der Waals surface area contributed by atoms with Crippen molar-refractivity contribution in [1.29, 1.82) is 0 Å². The van der Waals surface area contributed by atoms with Gasteiger partial charge < -0.3 is 5.73 Å². The van der Waals surface area contributed by atoms with E-state index in [1.807, 2.05) is 18.2 Å². The number of aryl methyl sites for hydroxylation is 2. The van der Waals surface area contributed by atoms with Crippen LogP contribution in [0.25, 0.3) is 0 Å². The smallest absolute Gasteiger partial charge is 0.243 e. The Labute approximate surface area is 135 Å². The second kappa shape index (κ2) is 5.62. The maximum absolute atomic E-state index is 13.8. The Bertz CT molecular complexity index is 855. The van der Waals surface area contributed by atoms with Gasteiger partial charge in [0.25, 0.3) is 0 Å². The fourth-order valence-electron chi connectivity index (χ4n) is 3.02. The van der Waals surface area contributed by atoms with Crippen LogP contribution in [0.3, 0.4) is 0 Å². The van der Waals surface area contributed by atoms with Crippen molar-refractivity contribution < 1.29 is 12.8 Å². The van der Waals surface area contributed by atoms with E-state index < -0.39 is 10.0 Å². The Hall–Kier alpha value is -1.92. The quantitative estimate of drug-likeness (QED) is 0.859. The van der Waals surface area contributed by atoms with Crippen LogP contribution >= 0.6 is 0 Å². The molecule has 0 atom stereocenters. The number of hydrogen-bond donors (Lipinski definition) is 1. The van der Waals surface area contributed by atoms with Crippen LogP contribution in [0.1, 0.15) is 22.3 Å². The number of nitrogens with two attached hydrogens (primary N) is 1. The summed E-state index contributed by atoms with van der Waals surface area (Å²) in [4.78, 5) is 0.140. The first kappa shape index (κ1) is 16.0. The minimum atomic E-state index is -3.65. The summed E-state index contributed by atoms with van der Waals surface area (Å²) in [7, 11) is -3.65. The Balaban J connectivity index is 1.99. The molecule has 1 aliphatic heterocycles. The summed E-state index contributed by atoms with van der Waals surface area (Å²) >= 11 is 0. The third-order valence-electron chi connectivity index (χ3n) is 4.31. The van der Waals surface area contributed by atoms with Gasteiger partial charge in [0.1, 0.15) is 5.82 Å². The van der Waals surface area contributed by atoms with Gasteiger partial charge in [0.05, 0.1) is 4.90 Å². The minimum absolute atomic E-state index is 0.140. The average molecular weight is 334 g/mol. The highest BCUT2D eigenvalue weighted by atomic mass is 32.2. The van der Waals surface area contributed by atoms with Gasteiger partial charge >= 0.3 is 0 Å². The molecule has 0 radical (unpaired) electrons. The molecule has 4 nitrogen and oxygen atoms in total. The van der Waals surface area contributed by atoms with Crippen LogP contribution in [-0.4, -0.2) is 19.3 Å². The van der Waals surface area contributed by atoms with Gasteiger partial charge in [-0.15, -0.1) is 0 Å². The number of anilines is 1. The molecule has 122 valence electrons. The molecule has 1 aliphatic rings. The molecule has 0 spiro atoms. The van der Waals surface area contributed by atoms with E-state index in [1.54, 1.807) is 13.8 Å². The topological polar surface area (TPSA) is 63.4 Å². The Morgan fingerprint density at radius 1 is 1.17 bits per heavy atom. The summed E-state index contributed by atoms with van der Waals surface area (Å²) in [6.07, 6.45) is 0.584. The molecule has 2 N–H and O–H groups in total.